The molecule has 0 fully saturated rings. The van der Waals surface area contributed by atoms with E-state index in [2.05, 4.69) is 0 Å². The quantitative estimate of drug-likeness (QED) is 0.330. The number of ether oxygens (including phenoxy) is 6. The van der Waals surface area contributed by atoms with E-state index in [4.69, 9.17) is 33.5 Å². The van der Waals surface area contributed by atoms with Gasteiger partial charge in [0.25, 0.3) is 0 Å². The highest BCUT2D eigenvalue weighted by atomic mass is 16.6. The van der Waals surface area contributed by atoms with Crippen LogP contribution >= 0.6 is 0 Å². The van der Waals surface area contributed by atoms with Gasteiger partial charge in [-0.25, -0.2) is 0 Å². The second-order valence-electron chi connectivity index (χ2n) is 7.22. The summed E-state index contributed by atoms with van der Waals surface area (Å²) < 4.78 is 33.3. The van der Waals surface area contributed by atoms with Crippen LogP contribution in [0.15, 0.2) is 0 Å². The van der Waals surface area contributed by atoms with Gasteiger partial charge >= 0.3 is 0 Å². The normalized spacial score (nSPS) is 18.4. The van der Waals surface area contributed by atoms with Gasteiger partial charge in [0.15, 0.2) is 0 Å². The molecule has 0 aromatic rings. The molecular weight excluding hydrogens is 368 g/mol. The SMILES string of the molecule is CCOCC(O)COC(C)COC(C)COC(C)COC(C)COC(C)CO. The zero-order chi connectivity index (χ0) is 21.4. The molecule has 0 aromatic heterocycles. The third-order valence-electron chi connectivity index (χ3n) is 3.81. The summed E-state index contributed by atoms with van der Waals surface area (Å²) in [6.07, 6.45) is -1.13. The standard InChI is InChI=1S/C20H42O8/c1-7-23-13-20(22)14-28-19(6)12-27-18(5)11-26-17(4)10-25-16(3)9-24-15(2)8-21/h15-22H,7-14H2,1-6H3. The van der Waals surface area contributed by atoms with Crippen LogP contribution in [0.3, 0.4) is 0 Å². The molecule has 0 saturated heterocycles. The molecular formula is C20H42O8. The van der Waals surface area contributed by atoms with E-state index in [-0.39, 0.29) is 50.3 Å². The van der Waals surface area contributed by atoms with Crippen LogP contribution < -0.4 is 0 Å². The number of hydrogen-bond donors (Lipinski definition) is 2. The van der Waals surface area contributed by atoms with Crippen molar-refractivity contribution < 1.29 is 38.6 Å². The van der Waals surface area contributed by atoms with Crippen molar-refractivity contribution in [2.24, 2.45) is 0 Å². The van der Waals surface area contributed by atoms with E-state index >= 15 is 0 Å². The lowest BCUT2D eigenvalue weighted by Gasteiger charge is -2.22. The molecule has 0 aliphatic carbocycles. The van der Waals surface area contributed by atoms with Gasteiger partial charge in [-0.15, -0.1) is 0 Å². The van der Waals surface area contributed by atoms with Gasteiger partial charge in [-0.2, -0.15) is 0 Å². The number of rotatable bonds is 19. The molecule has 0 bridgehead atoms. The molecule has 0 radical (unpaired) electrons. The van der Waals surface area contributed by atoms with Gasteiger partial charge < -0.3 is 38.6 Å². The van der Waals surface area contributed by atoms with Crippen LogP contribution in [0.2, 0.25) is 0 Å². The van der Waals surface area contributed by atoms with E-state index < -0.39 is 6.10 Å². The van der Waals surface area contributed by atoms with Crippen molar-refractivity contribution in [2.45, 2.75) is 78.2 Å². The van der Waals surface area contributed by atoms with Crippen molar-refractivity contribution in [3.05, 3.63) is 0 Å². The molecule has 0 spiro atoms. The number of aliphatic hydroxyl groups excluding tert-OH is 2. The van der Waals surface area contributed by atoms with Crippen molar-refractivity contribution in [1.82, 2.24) is 0 Å². The van der Waals surface area contributed by atoms with Gasteiger partial charge in [0.2, 0.25) is 0 Å². The predicted octanol–water partition coefficient (Wildman–Crippen LogP) is 1.40. The second kappa shape index (κ2) is 17.5. The molecule has 0 aliphatic heterocycles. The largest absolute Gasteiger partial charge is 0.394 e. The first-order valence-electron chi connectivity index (χ1n) is 10.2. The zero-order valence-corrected chi connectivity index (χ0v) is 18.5. The minimum absolute atomic E-state index is 0.00162. The molecule has 6 atom stereocenters. The summed E-state index contributed by atoms with van der Waals surface area (Å²) in [5, 5.41) is 18.6. The topological polar surface area (TPSA) is 95.8 Å². The summed E-state index contributed by atoms with van der Waals surface area (Å²) in [4.78, 5) is 0. The highest BCUT2D eigenvalue weighted by Gasteiger charge is 2.13. The Morgan fingerprint density at radius 3 is 1.29 bits per heavy atom. The lowest BCUT2D eigenvalue weighted by molar-refractivity contribution is -0.103. The maximum atomic E-state index is 9.67. The van der Waals surface area contributed by atoms with Crippen LogP contribution in [0.5, 0.6) is 0 Å². The molecule has 0 aromatic carbocycles. The fourth-order valence-electron chi connectivity index (χ4n) is 2.02. The first kappa shape index (κ1) is 27.7. The van der Waals surface area contributed by atoms with Gasteiger partial charge in [0.05, 0.1) is 76.8 Å². The molecule has 8 heteroatoms. The number of hydrogen-bond acceptors (Lipinski definition) is 8. The molecule has 8 nitrogen and oxygen atoms in total. The molecule has 170 valence electrons. The first-order chi connectivity index (χ1) is 13.3. The zero-order valence-electron chi connectivity index (χ0n) is 18.5. The van der Waals surface area contributed by atoms with E-state index in [9.17, 15) is 5.11 Å². The van der Waals surface area contributed by atoms with Crippen LogP contribution in [-0.4, -0.2) is 99.7 Å². The molecule has 0 amide bonds. The van der Waals surface area contributed by atoms with E-state index in [1.807, 2.05) is 41.5 Å². The van der Waals surface area contributed by atoms with Crippen LogP contribution in [0, 0.1) is 0 Å². The van der Waals surface area contributed by atoms with Crippen LogP contribution in [-0.2, 0) is 28.4 Å². The predicted molar refractivity (Wildman–Crippen MR) is 107 cm³/mol. The first-order valence-corrected chi connectivity index (χ1v) is 10.2. The smallest absolute Gasteiger partial charge is 0.101 e. The molecule has 0 aliphatic rings. The van der Waals surface area contributed by atoms with Crippen molar-refractivity contribution in [2.75, 3.05) is 52.9 Å². The lowest BCUT2D eigenvalue weighted by atomic mass is 10.3. The summed E-state index contributed by atoms with van der Waals surface area (Å²) in [5.41, 5.74) is 0. The Morgan fingerprint density at radius 2 is 0.929 bits per heavy atom. The second-order valence-corrected chi connectivity index (χ2v) is 7.22. The Hall–Kier alpha value is -0.320. The summed E-state index contributed by atoms with van der Waals surface area (Å²) in [5.74, 6) is 0. The fraction of sp³-hybridized carbons (Fsp3) is 1.00. The molecule has 0 heterocycles. The van der Waals surface area contributed by atoms with Gasteiger partial charge in [-0.05, 0) is 41.5 Å². The molecule has 28 heavy (non-hydrogen) atoms. The Bertz CT molecular complexity index is 344. The van der Waals surface area contributed by atoms with E-state index in [1.165, 1.54) is 0 Å². The maximum absolute atomic E-state index is 9.67. The van der Waals surface area contributed by atoms with Gasteiger partial charge in [0, 0.05) is 6.61 Å². The maximum Gasteiger partial charge on any atom is 0.101 e. The molecule has 2 N–H and O–H groups in total. The third kappa shape index (κ3) is 16.6. The Morgan fingerprint density at radius 1 is 0.571 bits per heavy atom. The minimum Gasteiger partial charge on any atom is -0.394 e. The summed E-state index contributed by atoms with van der Waals surface area (Å²) in [7, 11) is 0. The van der Waals surface area contributed by atoms with E-state index in [0.29, 0.717) is 33.0 Å². The summed E-state index contributed by atoms with van der Waals surface area (Å²) in [6.45, 7) is 14.3. The Labute approximate surface area is 170 Å². The average Bonchev–Trinajstić information content (AvgIpc) is 2.69. The molecule has 6 unspecified atom stereocenters. The molecule has 0 rings (SSSR count). The Balaban J connectivity index is 3.74. The summed E-state index contributed by atoms with van der Waals surface area (Å²) in [6, 6.07) is 0. The Kier molecular flexibility index (Phi) is 17.3. The average molecular weight is 411 g/mol. The van der Waals surface area contributed by atoms with Crippen LogP contribution in [0.1, 0.15) is 41.5 Å². The minimum atomic E-state index is -0.622. The number of aliphatic hydroxyl groups is 2. The van der Waals surface area contributed by atoms with Crippen molar-refractivity contribution >= 4 is 0 Å². The summed E-state index contributed by atoms with van der Waals surface area (Å²) >= 11 is 0. The fourth-order valence-corrected chi connectivity index (χ4v) is 2.02. The monoisotopic (exact) mass is 410 g/mol. The van der Waals surface area contributed by atoms with Gasteiger partial charge in [0.1, 0.15) is 6.10 Å². The van der Waals surface area contributed by atoms with E-state index in [1.54, 1.807) is 0 Å². The van der Waals surface area contributed by atoms with E-state index in [0.717, 1.165) is 0 Å². The van der Waals surface area contributed by atoms with Crippen molar-refractivity contribution in [3.8, 4) is 0 Å². The third-order valence-corrected chi connectivity index (χ3v) is 3.81. The van der Waals surface area contributed by atoms with Crippen molar-refractivity contribution in [1.29, 1.82) is 0 Å². The highest BCUT2D eigenvalue weighted by molar-refractivity contribution is 4.58. The van der Waals surface area contributed by atoms with Gasteiger partial charge in [-0.3, -0.25) is 0 Å². The van der Waals surface area contributed by atoms with Gasteiger partial charge in [-0.1, -0.05) is 0 Å². The lowest BCUT2D eigenvalue weighted by Crippen LogP contribution is -2.30. The van der Waals surface area contributed by atoms with Crippen molar-refractivity contribution in [3.63, 3.8) is 0 Å². The van der Waals surface area contributed by atoms with Crippen LogP contribution in [0.4, 0.5) is 0 Å². The highest BCUT2D eigenvalue weighted by Crippen LogP contribution is 2.03. The molecule has 0 saturated carbocycles. The van der Waals surface area contributed by atoms with Crippen LogP contribution in [0.25, 0.3) is 0 Å².